The number of rotatable bonds is 8. The third-order valence-corrected chi connectivity index (χ3v) is 7.03. The van der Waals surface area contributed by atoms with Crippen molar-refractivity contribution in [3.63, 3.8) is 0 Å². The molecule has 0 atom stereocenters. The van der Waals surface area contributed by atoms with Gasteiger partial charge in [-0.05, 0) is 60.2 Å². The molecule has 0 unspecified atom stereocenters. The van der Waals surface area contributed by atoms with E-state index in [2.05, 4.69) is 20.4 Å². The lowest BCUT2D eigenvalue weighted by molar-refractivity contribution is 0.0950. The van der Waals surface area contributed by atoms with Gasteiger partial charge in [0.15, 0.2) is 0 Å². The maximum atomic E-state index is 14.2. The van der Waals surface area contributed by atoms with Crippen LogP contribution >= 0.6 is 0 Å². The summed E-state index contributed by atoms with van der Waals surface area (Å²) in [6.45, 7) is 2.92. The molecule has 2 amide bonds. The minimum absolute atomic E-state index is 0.0913. The van der Waals surface area contributed by atoms with E-state index in [0.29, 0.717) is 43.1 Å². The molecule has 9 heteroatoms. The Balaban J connectivity index is 1.37. The summed E-state index contributed by atoms with van der Waals surface area (Å²) < 4.78 is 33.0. The summed E-state index contributed by atoms with van der Waals surface area (Å²) in [4.78, 5) is 30.6. The minimum atomic E-state index is -0.633. The third kappa shape index (κ3) is 6.46. The standard InChI is InChI=1S/C32H30F2N4O3/c1-41-30-9-5-4-8-29(30)38-18-16-37(17-19-38)28-15-14-24(36-32(40)25-6-2-3-7-27(25)34)20-26(28)31(39)35-21-22-10-12-23(33)13-11-22/h2-15,20H,16-19,21H2,1H3,(H,35,39)(H,36,40). The summed E-state index contributed by atoms with van der Waals surface area (Å²) in [5.41, 5.74) is 3.11. The molecule has 1 fully saturated rings. The Bertz CT molecular complexity index is 1540. The normalized spacial score (nSPS) is 13.0. The Morgan fingerprint density at radius 3 is 2.12 bits per heavy atom. The van der Waals surface area contributed by atoms with Crippen molar-refractivity contribution in [3.8, 4) is 5.75 Å². The van der Waals surface area contributed by atoms with Crippen LogP contribution in [0.4, 0.5) is 25.8 Å². The molecule has 1 heterocycles. The van der Waals surface area contributed by atoms with Crippen LogP contribution in [0.15, 0.2) is 91.0 Å². The van der Waals surface area contributed by atoms with Gasteiger partial charge in [-0.3, -0.25) is 9.59 Å². The lowest BCUT2D eigenvalue weighted by Gasteiger charge is -2.38. The number of nitrogens with zero attached hydrogens (tertiary/aromatic N) is 2. The minimum Gasteiger partial charge on any atom is -0.495 e. The van der Waals surface area contributed by atoms with Gasteiger partial charge >= 0.3 is 0 Å². The number of amides is 2. The van der Waals surface area contributed by atoms with E-state index in [0.717, 1.165) is 17.0 Å². The molecule has 210 valence electrons. The number of anilines is 3. The topological polar surface area (TPSA) is 73.9 Å². The van der Waals surface area contributed by atoms with E-state index in [1.807, 2.05) is 24.3 Å². The largest absolute Gasteiger partial charge is 0.495 e. The number of para-hydroxylation sites is 2. The summed E-state index contributed by atoms with van der Waals surface area (Å²) in [7, 11) is 1.65. The molecule has 4 aromatic rings. The van der Waals surface area contributed by atoms with Gasteiger partial charge in [-0.15, -0.1) is 0 Å². The second-order valence-corrected chi connectivity index (χ2v) is 9.62. The van der Waals surface area contributed by atoms with E-state index < -0.39 is 11.7 Å². The molecule has 0 bridgehead atoms. The van der Waals surface area contributed by atoms with Crippen LogP contribution in [0.25, 0.3) is 0 Å². The van der Waals surface area contributed by atoms with E-state index in [1.54, 1.807) is 43.5 Å². The van der Waals surface area contributed by atoms with E-state index in [-0.39, 0.29) is 23.8 Å². The molecule has 41 heavy (non-hydrogen) atoms. The second kappa shape index (κ2) is 12.5. The number of carbonyl (C=O) groups is 2. The molecular weight excluding hydrogens is 526 g/mol. The van der Waals surface area contributed by atoms with Crippen LogP contribution in [0, 0.1) is 11.6 Å². The summed E-state index contributed by atoms with van der Waals surface area (Å²) in [6, 6.07) is 24.6. The lowest BCUT2D eigenvalue weighted by Crippen LogP contribution is -2.47. The third-order valence-electron chi connectivity index (χ3n) is 7.03. The van der Waals surface area contributed by atoms with Crippen LogP contribution < -0.4 is 25.2 Å². The number of ether oxygens (including phenoxy) is 1. The Morgan fingerprint density at radius 1 is 0.756 bits per heavy atom. The SMILES string of the molecule is COc1ccccc1N1CCN(c2ccc(NC(=O)c3ccccc3F)cc2C(=O)NCc2ccc(F)cc2)CC1. The molecule has 2 N–H and O–H groups in total. The van der Waals surface area contributed by atoms with Crippen molar-refractivity contribution in [3.05, 3.63) is 119 Å². The lowest BCUT2D eigenvalue weighted by atomic mass is 10.1. The smallest absolute Gasteiger partial charge is 0.258 e. The van der Waals surface area contributed by atoms with Crippen molar-refractivity contribution >= 4 is 28.9 Å². The van der Waals surface area contributed by atoms with Crippen LogP contribution in [0.5, 0.6) is 5.75 Å². The van der Waals surface area contributed by atoms with Crippen molar-refractivity contribution in [1.29, 1.82) is 0 Å². The number of hydrogen-bond acceptors (Lipinski definition) is 5. The molecule has 0 aromatic heterocycles. The van der Waals surface area contributed by atoms with Crippen molar-refractivity contribution in [2.75, 3.05) is 48.4 Å². The highest BCUT2D eigenvalue weighted by atomic mass is 19.1. The molecule has 1 aliphatic heterocycles. The van der Waals surface area contributed by atoms with Crippen LogP contribution in [0.1, 0.15) is 26.3 Å². The highest BCUT2D eigenvalue weighted by molar-refractivity contribution is 6.06. The van der Waals surface area contributed by atoms with Crippen LogP contribution in [0.3, 0.4) is 0 Å². The Labute approximate surface area is 237 Å². The maximum Gasteiger partial charge on any atom is 0.258 e. The molecule has 0 aliphatic carbocycles. The highest BCUT2D eigenvalue weighted by Gasteiger charge is 2.24. The van der Waals surface area contributed by atoms with Crippen LogP contribution in [-0.2, 0) is 6.54 Å². The predicted molar refractivity (Wildman–Crippen MR) is 156 cm³/mol. The zero-order valence-electron chi connectivity index (χ0n) is 22.6. The summed E-state index contributed by atoms with van der Waals surface area (Å²) in [5.74, 6) is -1.14. The fourth-order valence-electron chi connectivity index (χ4n) is 4.87. The van der Waals surface area contributed by atoms with Gasteiger partial charge in [-0.1, -0.05) is 36.4 Å². The molecule has 0 spiro atoms. The highest BCUT2D eigenvalue weighted by Crippen LogP contribution is 2.31. The van der Waals surface area contributed by atoms with E-state index >= 15 is 0 Å². The zero-order valence-corrected chi connectivity index (χ0v) is 22.6. The van der Waals surface area contributed by atoms with Gasteiger partial charge < -0.3 is 25.2 Å². The molecule has 4 aromatic carbocycles. The van der Waals surface area contributed by atoms with Crippen molar-refractivity contribution in [1.82, 2.24) is 5.32 Å². The van der Waals surface area contributed by atoms with Gasteiger partial charge in [0, 0.05) is 44.1 Å². The number of piperazine rings is 1. The number of carbonyl (C=O) groups excluding carboxylic acids is 2. The average molecular weight is 557 g/mol. The number of methoxy groups -OCH3 is 1. The number of nitrogens with one attached hydrogen (secondary N) is 2. The zero-order chi connectivity index (χ0) is 28.8. The molecule has 1 aliphatic rings. The quantitative estimate of drug-likeness (QED) is 0.301. The number of benzene rings is 4. The van der Waals surface area contributed by atoms with Crippen LogP contribution in [0.2, 0.25) is 0 Å². The molecular formula is C32H30F2N4O3. The molecule has 1 saturated heterocycles. The molecule has 7 nitrogen and oxygen atoms in total. The summed E-state index contributed by atoms with van der Waals surface area (Å²) in [5, 5.41) is 5.60. The average Bonchev–Trinajstić information content (AvgIpc) is 3.01. The summed E-state index contributed by atoms with van der Waals surface area (Å²) in [6.07, 6.45) is 0. The van der Waals surface area contributed by atoms with E-state index in [1.165, 1.54) is 30.3 Å². The van der Waals surface area contributed by atoms with Gasteiger partial charge in [-0.25, -0.2) is 8.78 Å². The van der Waals surface area contributed by atoms with Gasteiger partial charge in [0.25, 0.3) is 11.8 Å². The Hall–Kier alpha value is -4.92. The number of halogens is 2. The Kier molecular flexibility index (Phi) is 8.43. The first-order chi connectivity index (χ1) is 19.9. The van der Waals surface area contributed by atoms with Gasteiger partial charge in [-0.2, -0.15) is 0 Å². The van der Waals surface area contributed by atoms with E-state index in [9.17, 15) is 18.4 Å². The maximum absolute atomic E-state index is 14.2. The molecule has 0 radical (unpaired) electrons. The summed E-state index contributed by atoms with van der Waals surface area (Å²) >= 11 is 0. The van der Waals surface area contributed by atoms with Crippen molar-refractivity contribution < 1.29 is 23.1 Å². The monoisotopic (exact) mass is 556 g/mol. The number of hydrogen-bond donors (Lipinski definition) is 2. The predicted octanol–water partition coefficient (Wildman–Crippen LogP) is 5.48. The first kappa shape index (κ1) is 27.6. The van der Waals surface area contributed by atoms with E-state index in [4.69, 9.17) is 4.74 Å². The second-order valence-electron chi connectivity index (χ2n) is 9.62. The molecule has 5 rings (SSSR count). The van der Waals surface area contributed by atoms with Crippen molar-refractivity contribution in [2.45, 2.75) is 6.54 Å². The fourth-order valence-corrected chi connectivity index (χ4v) is 4.87. The first-order valence-corrected chi connectivity index (χ1v) is 13.3. The van der Waals surface area contributed by atoms with Gasteiger partial charge in [0.1, 0.15) is 17.4 Å². The fraction of sp³-hybridized carbons (Fsp3) is 0.188. The van der Waals surface area contributed by atoms with Gasteiger partial charge in [0.2, 0.25) is 0 Å². The van der Waals surface area contributed by atoms with Gasteiger partial charge in [0.05, 0.1) is 23.9 Å². The first-order valence-electron chi connectivity index (χ1n) is 13.3. The van der Waals surface area contributed by atoms with Crippen LogP contribution in [-0.4, -0.2) is 45.1 Å². The van der Waals surface area contributed by atoms with Crippen molar-refractivity contribution in [2.24, 2.45) is 0 Å². The molecule has 0 saturated carbocycles. The Morgan fingerprint density at radius 2 is 1.41 bits per heavy atom.